The van der Waals surface area contributed by atoms with Crippen molar-refractivity contribution in [1.29, 1.82) is 0 Å². The molecule has 5 heteroatoms. The molecule has 0 saturated carbocycles. The molecule has 5 nitrogen and oxygen atoms in total. The summed E-state index contributed by atoms with van der Waals surface area (Å²) >= 11 is 0. The number of anilines is 2. The lowest BCUT2D eigenvalue weighted by atomic mass is 10.2. The van der Waals surface area contributed by atoms with Crippen molar-refractivity contribution in [3.05, 3.63) is 18.2 Å². The van der Waals surface area contributed by atoms with E-state index in [2.05, 4.69) is 12.2 Å². The maximum Gasteiger partial charge on any atom is 0.227 e. The second-order valence-corrected chi connectivity index (χ2v) is 5.19. The first-order chi connectivity index (χ1) is 10.2. The highest BCUT2D eigenvalue weighted by molar-refractivity contribution is 5.98. The van der Waals surface area contributed by atoms with Crippen LogP contribution >= 0.6 is 0 Å². The number of carbonyl (C=O) groups is 2. The molecule has 1 heterocycles. The summed E-state index contributed by atoms with van der Waals surface area (Å²) in [5.74, 6) is 0.750. The average Bonchev–Trinajstić information content (AvgIpc) is 2.91. The number of unbranched alkanes of at least 4 members (excludes halogenated alkanes) is 1. The van der Waals surface area contributed by atoms with Gasteiger partial charge in [-0.1, -0.05) is 13.3 Å². The first kappa shape index (κ1) is 15.4. The second kappa shape index (κ2) is 7.11. The van der Waals surface area contributed by atoms with Gasteiger partial charge in [0, 0.05) is 25.1 Å². The molecule has 2 rings (SSSR count). The van der Waals surface area contributed by atoms with Gasteiger partial charge in [-0.15, -0.1) is 0 Å². The van der Waals surface area contributed by atoms with E-state index in [1.54, 1.807) is 24.1 Å². The zero-order valence-corrected chi connectivity index (χ0v) is 12.6. The van der Waals surface area contributed by atoms with Gasteiger partial charge in [0.25, 0.3) is 0 Å². The number of rotatable bonds is 6. The van der Waals surface area contributed by atoms with Crippen molar-refractivity contribution in [3.8, 4) is 5.75 Å². The standard InChI is InChI=1S/C16H22N2O3/c1-3-4-6-15(19)17-12-8-9-14(21-2)13(11-12)18-10-5-7-16(18)20/h8-9,11H,3-7,10H2,1-2H3,(H,17,19). The number of nitrogens with one attached hydrogen (secondary N) is 1. The molecule has 0 unspecified atom stereocenters. The summed E-state index contributed by atoms with van der Waals surface area (Å²) in [5, 5.41) is 2.87. The fourth-order valence-corrected chi connectivity index (χ4v) is 2.44. The molecule has 2 amide bonds. The summed E-state index contributed by atoms with van der Waals surface area (Å²) in [6, 6.07) is 5.40. The van der Waals surface area contributed by atoms with Crippen molar-refractivity contribution in [2.75, 3.05) is 23.9 Å². The third-order valence-corrected chi connectivity index (χ3v) is 3.58. The third-order valence-electron chi connectivity index (χ3n) is 3.58. The number of benzene rings is 1. The predicted molar refractivity (Wildman–Crippen MR) is 82.7 cm³/mol. The van der Waals surface area contributed by atoms with Crippen molar-refractivity contribution >= 4 is 23.2 Å². The van der Waals surface area contributed by atoms with Gasteiger partial charge in [-0.05, 0) is 31.0 Å². The number of hydrogen-bond donors (Lipinski definition) is 1. The fourth-order valence-electron chi connectivity index (χ4n) is 2.44. The average molecular weight is 290 g/mol. The van der Waals surface area contributed by atoms with Gasteiger partial charge in [-0.25, -0.2) is 0 Å². The lowest BCUT2D eigenvalue weighted by Gasteiger charge is -2.20. The van der Waals surface area contributed by atoms with E-state index in [0.29, 0.717) is 30.8 Å². The Morgan fingerprint density at radius 2 is 2.24 bits per heavy atom. The first-order valence-corrected chi connectivity index (χ1v) is 7.44. The van der Waals surface area contributed by atoms with Crippen LogP contribution < -0.4 is 15.0 Å². The molecule has 1 aromatic rings. The van der Waals surface area contributed by atoms with Crippen LogP contribution in [0.4, 0.5) is 11.4 Å². The lowest BCUT2D eigenvalue weighted by molar-refractivity contribution is -0.117. The Hall–Kier alpha value is -2.04. The van der Waals surface area contributed by atoms with Crippen molar-refractivity contribution in [3.63, 3.8) is 0 Å². The predicted octanol–water partition coefficient (Wildman–Crippen LogP) is 2.95. The Labute approximate surface area is 125 Å². The smallest absolute Gasteiger partial charge is 0.227 e. The van der Waals surface area contributed by atoms with E-state index in [4.69, 9.17) is 4.74 Å². The highest BCUT2D eigenvalue weighted by Gasteiger charge is 2.24. The van der Waals surface area contributed by atoms with Crippen molar-refractivity contribution in [1.82, 2.24) is 0 Å². The van der Waals surface area contributed by atoms with E-state index in [1.165, 1.54) is 0 Å². The van der Waals surface area contributed by atoms with Crippen LogP contribution in [0.2, 0.25) is 0 Å². The van der Waals surface area contributed by atoms with Crippen LogP contribution in [0.3, 0.4) is 0 Å². The minimum Gasteiger partial charge on any atom is -0.495 e. The highest BCUT2D eigenvalue weighted by atomic mass is 16.5. The number of nitrogens with zero attached hydrogens (tertiary/aromatic N) is 1. The highest BCUT2D eigenvalue weighted by Crippen LogP contribution is 2.34. The van der Waals surface area contributed by atoms with Crippen LogP contribution in [0.5, 0.6) is 5.75 Å². The zero-order valence-electron chi connectivity index (χ0n) is 12.6. The number of hydrogen-bond acceptors (Lipinski definition) is 3. The molecule has 1 aliphatic rings. The van der Waals surface area contributed by atoms with E-state index in [0.717, 1.165) is 24.9 Å². The monoisotopic (exact) mass is 290 g/mol. The Balaban J connectivity index is 2.17. The zero-order chi connectivity index (χ0) is 15.2. The molecule has 0 aromatic heterocycles. The van der Waals surface area contributed by atoms with Crippen molar-refractivity contribution < 1.29 is 14.3 Å². The normalized spacial score (nSPS) is 14.4. The van der Waals surface area contributed by atoms with E-state index >= 15 is 0 Å². The Morgan fingerprint density at radius 1 is 1.43 bits per heavy atom. The Bertz CT molecular complexity index is 528. The molecule has 0 atom stereocenters. The van der Waals surface area contributed by atoms with Gasteiger partial charge in [0.1, 0.15) is 5.75 Å². The number of carbonyl (C=O) groups excluding carboxylic acids is 2. The minimum absolute atomic E-state index is 0.000662. The fraction of sp³-hybridized carbons (Fsp3) is 0.500. The molecule has 0 bridgehead atoms. The van der Waals surface area contributed by atoms with E-state index in [1.807, 2.05) is 6.07 Å². The number of amides is 2. The molecule has 1 aromatic carbocycles. The van der Waals surface area contributed by atoms with Crippen LogP contribution in [-0.4, -0.2) is 25.5 Å². The van der Waals surface area contributed by atoms with Gasteiger partial charge >= 0.3 is 0 Å². The van der Waals surface area contributed by atoms with Gasteiger partial charge in [0.2, 0.25) is 11.8 Å². The van der Waals surface area contributed by atoms with Crippen LogP contribution in [0.15, 0.2) is 18.2 Å². The van der Waals surface area contributed by atoms with Gasteiger partial charge in [0.15, 0.2) is 0 Å². The van der Waals surface area contributed by atoms with Crippen molar-refractivity contribution in [2.45, 2.75) is 39.0 Å². The summed E-state index contributed by atoms with van der Waals surface area (Å²) in [5.41, 5.74) is 1.43. The summed E-state index contributed by atoms with van der Waals surface area (Å²) in [6.45, 7) is 2.75. The number of ether oxygens (including phenoxy) is 1. The van der Waals surface area contributed by atoms with E-state index in [-0.39, 0.29) is 11.8 Å². The third kappa shape index (κ3) is 3.74. The second-order valence-electron chi connectivity index (χ2n) is 5.19. The molecular weight excluding hydrogens is 268 g/mol. The molecule has 114 valence electrons. The molecule has 1 saturated heterocycles. The van der Waals surface area contributed by atoms with Crippen LogP contribution in [0.1, 0.15) is 39.0 Å². The van der Waals surface area contributed by atoms with Gasteiger partial charge in [-0.2, -0.15) is 0 Å². The molecule has 1 fully saturated rings. The number of methoxy groups -OCH3 is 1. The quantitative estimate of drug-likeness (QED) is 0.876. The molecule has 1 aliphatic heterocycles. The molecule has 0 aliphatic carbocycles. The minimum atomic E-state index is 0.000662. The summed E-state index contributed by atoms with van der Waals surface area (Å²) in [4.78, 5) is 25.4. The SMILES string of the molecule is CCCCC(=O)Nc1ccc(OC)c(N2CCCC2=O)c1. The van der Waals surface area contributed by atoms with Crippen LogP contribution in [-0.2, 0) is 9.59 Å². The lowest BCUT2D eigenvalue weighted by Crippen LogP contribution is -2.24. The van der Waals surface area contributed by atoms with Gasteiger partial charge < -0.3 is 15.0 Å². The van der Waals surface area contributed by atoms with Crippen molar-refractivity contribution in [2.24, 2.45) is 0 Å². The maximum atomic E-state index is 11.9. The molecule has 0 radical (unpaired) electrons. The Morgan fingerprint density at radius 3 is 2.86 bits per heavy atom. The summed E-state index contributed by atoms with van der Waals surface area (Å²) < 4.78 is 5.32. The summed E-state index contributed by atoms with van der Waals surface area (Å²) in [6.07, 6.45) is 3.80. The molecular formula is C16H22N2O3. The van der Waals surface area contributed by atoms with E-state index < -0.39 is 0 Å². The summed E-state index contributed by atoms with van der Waals surface area (Å²) in [7, 11) is 1.58. The Kier molecular flexibility index (Phi) is 5.20. The van der Waals surface area contributed by atoms with Gasteiger partial charge in [-0.3, -0.25) is 9.59 Å². The first-order valence-electron chi connectivity index (χ1n) is 7.44. The molecule has 21 heavy (non-hydrogen) atoms. The van der Waals surface area contributed by atoms with Crippen LogP contribution in [0.25, 0.3) is 0 Å². The topological polar surface area (TPSA) is 58.6 Å². The molecule has 0 spiro atoms. The molecule has 1 N–H and O–H groups in total. The van der Waals surface area contributed by atoms with Crippen LogP contribution in [0, 0.1) is 0 Å². The van der Waals surface area contributed by atoms with Gasteiger partial charge in [0.05, 0.1) is 12.8 Å². The van der Waals surface area contributed by atoms with E-state index in [9.17, 15) is 9.59 Å². The largest absolute Gasteiger partial charge is 0.495 e. The maximum absolute atomic E-state index is 11.9.